The van der Waals surface area contributed by atoms with E-state index in [1.807, 2.05) is 36.4 Å². The lowest BCUT2D eigenvalue weighted by Gasteiger charge is -2.35. The first kappa shape index (κ1) is 26.8. The molecular formula is C29H27F3N4O2S. The normalized spacial score (nSPS) is 14.4. The van der Waals surface area contributed by atoms with Crippen LogP contribution in [0.4, 0.5) is 18.9 Å². The van der Waals surface area contributed by atoms with Gasteiger partial charge in [-0.25, -0.2) is 0 Å². The molecule has 1 saturated heterocycles. The molecule has 1 aromatic heterocycles. The van der Waals surface area contributed by atoms with E-state index in [9.17, 15) is 18.0 Å². The number of halogens is 3. The van der Waals surface area contributed by atoms with Gasteiger partial charge >= 0.3 is 6.18 Å². The minimum atomic E-state index is -4.34. The maximum Gasteiger partial charge on any atom is 0.416 e. The maximum atomic E-state index is 13.2. The standard InChI is InChI=1S/C29H27F3N4O2S/c1-38-25-18-22(9-12-24(25)34-39-26-6-2-4-21-5-3-13-33-27(21)26)28(37)36-16-14-35(15-17-36)19-20-7-10-23(11-8-20)29(30,31)32/h2-13,18,34H,14-17,19H2,1H3. The monoisotopic (exact) mass is 552 g/mol. The van der Waals surface area contributed by atoms with Crippen LogP contribution < -0.4 is 9.46 Å². The van der Waals surface area contributed by atoms with Crippen LogP contribution >= 0.6 is 11.9 Å². The zero-order chi connectivity index (χ0) is 27.4. The average molecular weight is 553 g/mol. The zero-order valence-electron chi connectivity index (χ0n) is 21.2. The van der Waals surface area contributed by atoms with Crippen molar-refractivity contribution in [1.82, 2.24) is 14.8 Å². The van der Waals surface area contributed by atoms with Gasteiger partial charge in [-0.2, -0.15) is 13.2 Å². The van der Waals surface area contributed by atoms with E-state index < -0.39 is 11.7 Å². The Kier molecular flexibility index (Phi) is 7.94. The Labute approximate surface area is 228 Å². The van der Waals surface area contributed by atoms with Crippen molar-refractivity contribution in [3.05, 3.63) is 95.7 Å². The fourth-order valence-corrected chi connectivity index (χ4v) is 5.33. The van der Waals surface area contributed by atoms with E-state index in [-0.39, 0.29) is 5.91 Å². The molecule has 0 unspecified atom stereocenters. The van der Waals surface area contributed by atoms with Crippen molar-refractivity contribution in [2.24, 2.45) is 0 Å². The van der Waals surface area contributed by atoms with E-state index in [0.717, 1.165) is 39.2 Å². The third-order valence-corrected chi connectivity index (χ3v) is 7.53. The number of aromatic nitrogens is 1. The van der Waals surface area contributed by atoms with Crippen LogP contribution in [-0.4, -0.2) is 54.0 Å². The molecule has 10 heteroatoms. The van der Waals surface area contributed by atoms with Gasteiger partial charge in [-0.15, -0.1) is 0 Å². The average Bonchev–Trinajstić information content (AvgIpc) is 2.96. The molecular weight excluding hydrogens is 525 g/mol. The molecule has 0 atom stereocenters. The summed E-state index contributed by atoms with van der Waals surface area (Å²) in [5.74, 6) is 0.474. The third-order valence-electron chi connectivity index (χ3n) is 6.66. The number of benzene rings is 3. The van der Waals surface area contributed by atoms with E-state index in [2.05, 4.69) is 14.6 Å². The van der Waals surface area contributed by atoms with Crippen molar-refractivity contribution in [3.63, 3.8) is 0 Å². The number of methoxy groups -OCH3 is 1. The van der Waals surface area contributed by atoms with Gasteiger partial charge in [0.05, 0.1) is 28.8 Å². The predicted octanol–water partition coefficient (Wildman–Crippen LogP) is 6.34. The van der Waals surface area contributed by atoms with Gasteiger partial charge in [0.1, 0.15) is 5.75 Å². The molecule has 1 aliphatic heterocycles. The summed E-state index contributed by atoms with van der Waals surface area (Å²) in [4.78, 5) is 22.6. The molecule has 0 bridgehead atoms. The molecule has 0 spiro atoms. The molecule has 2 heterocycles. The topological polar surface area (TPSA) is 57.7 Å². The van der Waals surface area contributed by atoms with Gasteiger partial charge in [-0.1, -0.05) is 30.3 Å². The number of fused-ring (bicyclic) bond motifs is 1. The van der Waals surface area contributed by atoms with Crippen LogP contribution in [0.3, 0.4) is 0 Å². The summed E-state index contributed by atoms with van der Waals surface area (Å²) in [6.45, 7) is 2.88. The number of rotatable bonds is 7. The van der Waals surface area contributed by atoms with Crippen molar-refractivity contribution in [1.29, 1.82) is 0 Å². The van der Waals surface area contributed by atoms with Crippen molar-refractivity contribution < 1.29 is 22.7 Å². The molecule has 3 aromatic carbocycles. The summed E-state index contributed by atoms with van der Waals surface area (Å²) >= 11 is 1.43. The number of carbonyl (C=O) groups excluding carboxylic acids is 1. The van der Waals surface area contributed by atoms with Gasteiger partial charge < -0.3 is 14.4 Å². The lowest BCUT2D eigenvalue weighted by molar-refractivity contribution is -0.137. The molecule has 0 aliphatic carbocycles. The summed E-state index contributed by atoms with van der Waals surface area (Å²) < 4.78 is 47.3. The van der Waals surface area contributed by atoms with Crippen LogP contribution in [0, 0.1) is 0 Å². The number of pyridine rings is 1. The molecule has 1 N–H and O–H groups in total. The highest BCUT2D eigenvalue weighted by Gasteiger charge is 2.30. The molecule has 5 rings (SSSR count). The number of nitrogens with zero attached hydrogens (tertiary/aromatic N) is 3. The summed E-state index contributed by atoms with van der Waals surface area (Å²) in [7, 11) is 1.57. The Morgan fingerprint density at radius 3 is 2.46 bits per heavy atom. The summed E-state index contributed by atoms with van der Waals surface area (Å²) in [6, 6.07) is 20.5. The van der Waals surface area contributed by atoms with Gasteiger partial charge in [0, 0.05) is 49.9 Å². The number of carbonyl (C=O) groups is 1. The number of alkyl halides is 3. The second-order valence-electron chi connectivity index (χ2n) is 9.21. The first-order chi connectivity index (χ1) is 18.8. The number of piperazine rings is 1. The maximum absolute atomic E-state index is 13.2. The Hall–Kier alpha value is -3.76. The highest BCUT2D eigenvalue weighted by atomic mass is 32.2. The predicted molar refractivity (Wildman–Crippen MR) is 147 cm³/mol. The highest BCUT2D eigenvalue weighted by Crippen LogP contribution is 2.33. The summed E-state index contributed by atoms with van der Waals surface area (Å²) in [5.41, 5.74) is 2.34. The van der Waals surface area contributed by atoms with Gasteiger partial charge in [-0.3, -0.25) is 14.7 Å². The molecule has 202 valence electrons. The van der Waals surface area contributed by atoms with Crippen molar-refractivity contribution in [3.8, 4) is 5.75 Å². The number of amides is 1. The molecule has 0 radical (unpaired) electrons. The van der Waals surface area contributed by atoms with E-state index >= 15 is 0 Å². The van der Waals surface area contributed by atoms with Crippen molar-refractivity contribution in [2.45, 2.75) is 17.6 Å². The zero-order valence-corrected chi connectivity index (χ0v) is 22.1. The Bertz CT molecular complexity index is 1450. The number of hydrogen-bond acceptors (Lipinski definition) is 6. The number of nitrogens with one attached hydrogen (secondary N) is 1. The number of ether oxygens (including phenoxy) is 1. The van der Waals surface area contributed by atoms with Crippen molar-refractivity contribution in [2.75, 3.05) is 38.0 Å². The fraction of sp³-hybridized carbons (Fsp3) is 0.241. The van der Waals surface area contributed by atoms with Gasteiger partial charge in [0.25, 0.3) is 5.91 Å². The van der Waals surface area contributed by atoms with Crippen LogP contribution in [-0.2, 0) is 12.7 Å². The highest BCUT2D eigenvalue weighted by molar-refractivity contribution is 8.00. The molecule has 4 aromatic rings. The minimum Gasteiger partial charge on any atom is -0.495 e. The van der Waals surface area contributed by atoms with Crippen LogP contribution in [0.25, 0.3) is 10.9 Å². The lowest BCUT2D eigenvalue weighted by atomic mass is 10.1. The lowest BCUT2D eigenvalue weighted by Crippen LogP contribution is -2.48. The Morgan fingerprint density at radius 2 is 1.74 bits per heavy atom. The smallest absolute Gasteiger partial charge is 0.416 e. The summed E-state index contributed by atoms with van der Waals surface area (Å²) in [5, 5.41) is 1.05. The molecule has 6 nitrogen and oxygen atoms in total. The van der Waals surface area contributed by atoms with Crippen LogP contribution in [0.2, 0.25) is 0 Å². The van der Waals surface area contributed by atoms with Crippen molar-refractivity contribution >= 4 is 34.4 Å². The van der Waals surface area contributed by atoms with E-state index in [1.54, 1.807) is 30.3 Å². The Morgan fingerprint density at radius 1 is 1.00 bits per heavy atom. The number of hydrogen-bond donors (Lipinski definition) is 1. The fourth-order valence-electron chi connectivity index (χ4n) is 4.53. The molecule has 0 saturated carbocycles. The van der Waals surface area contributed by atoms with E-state index in [1.165, 1.54) is 24.1 Å². The molecule has 1 fully saturated rings. The minimum absolute atomic E-state index is 0.0834. The Balaban J connectivity index is 1.18. The molecule has 39 heavy (non-hydrogen) atoms. The second-order valence-corrected chi connectivity index (χ2v) is 10.1. The molecule has 1 amide bonds. The first-order valence-electron chi connectivity index (χ1n) is 12.4. The van der Waals surface area contributed by atoms with Crippen LogP contribution in [0.5, 0.6) is 5.75 Å². The van der Waals surface area contributed by atoms with E-state index in [0.29, 0.717) is 44.0 Å². The summed E-state index contributed by atoms with van der Waals surface area (Å²) in [6.07, 6.45) is -2.57. The SMILES string of the molecule is COc1cc(C(=O)N2CCN(Cc3ccc(C(F)(F)F)cc3)CC2)ccc1NSc1cccc2cccnc12. The number of para-hydroxylation sites is 1. The largest absolute Gasteiger partial charge is 0.495 e. The first-order valence-corrected chi connectivity index (χ1v) is 13.3. The van der Waals surface area contributed by atoms with Gasteiger partial charge in [0.15, 0.2) is 0 Å². The third kappa shape index (κ3) is 6.29. The van der Waals surface area contributed by atoms with Gasteiger partial charge in [0.2, 0.25) is 0 Å². The second kappa shape index (κ2) is 11.5. The van der Waals surface area contributed by atoms with Crippen LogP contribution in [0.1, 0.15) is 21.5 Å². The van der Waals surface area contributed by atoms with E-state index in [4.69, 9.17) is 4.74 Å². The quantitative estimate of drug-likeness (QED) is 0.270. The number of anilines is 1. The molecule has 1 aliphatic rings. The van der Waals surface area contributed by atoms with Gasteiger partial charge in [-0.05, 0) is 60.0 Å². The van der Waals surface area contributed by atoms with Crippen LogP contribution in [0.15, 0.2) is 83.9 Å².